The van der Waals surface area contributed by atoms with Crippen LogP contribution in [0.25, 0.3) is 0 Å². The fourth-order valence-corrected chi connectivity index (χ4v) is 4.21. The van der Waals surface area contributed by atoms with Crippen molar-refractivity contribution in [2.75, 3.05) is 0 Å². The third-order valence-electron chi connectivity index (χ3n) is 3.39. The molecular formula is C13H16BrNO3S. The lowest BCUT2D eigenvalue weighted by Crippen LogP contribution is -2.48. The highest BCUT2D eigenvalue weighted by molar-refractivity contribution is 9.10. The van der Waals surface area contributed by atoms with E-state index in [2.05, 4.69) is 15.9 Å². The molecule has 1 saturated heterocycles. The molecule has 1 aromatic heterocycles. The van der Waals surface area contributed by atoms with Crippen LogP contribution >= 0.6 is 27.3 Å². The SMILES string of the molecule is CC(C)N1C(=O)CCC(C(=O)O)C1c1cc(Br)cs1. The van der Waals surface area contributed by atoms with Gasteiger partial charge >= 0.3 is 5.97 Å². The standard InChI is InChI=1S/C13H16BrNO3S/c1-7(2)15-11(16)4-3-9(13(17)18)12(15)10-5-8(14)6-19-10/h5-7,9,12H,3-4H2,1-2H3,(H,17,18). The van der Waals surface area contributed by atoms with Gasteiger partial charge in [0.15, 0.2) is 0 Å². The monoisotopic (exact) mass is 345 g/mol. The molecule has 6 heteroatoms. The van der Waals surface area contributed by atoms with Gasteiger partial charge in [-0.05, 0) is 42.3 Å². The number of thiophene rings is 1. The van der Waals surface area contributed by atoms with Gasteiger partial charge in [-0.1, -0.05) is 0 Å². The van der Waals surface area contributed by atoms with Crippen molar-refractivity contribution >= 4 is 39.1 Å². The van der Waals surface area contributed by atoms with Gasteiger partial charge in [0, 0.05) is 27.2 Å². The van der Waals surface area contributed by atoms with Crippen molar-refractivity contribution in [2.45, 2.75) is 38.8 Å². The molecule has 1 amide bonds. The highest BCUT2D eigenvalue weighted by Crippen LogP contribution is 2.41. The number of aliphatic carboxylic acids is 1. The van der Waals surface area contributed by atoms with Crippen molar-refractivity contribution in [3.63, 3.8) is 0 Å². The summed E-state index contributed by atoms with van der Waals surface area (Å²) in [5.74, 6) is -1.31. The minimum Gasteiger partial charge on any atom is -0.481 e. The first kappa shape index (κ1) is 14.5. The number of amides is 1. The molecule has 2 heterocycles. The highest BCUT2D eigenvalue weighted by Gasteiger charge is 2.42. The molecule has 19 heavy (non-hydrogen) atoms. The first-order valence-electron chi connectivity index (χ1n) is 6.19. The number of piperidine rings is 1. The van der Waals surface area contributed by atoms with E-state index in [-0.39, 0.29) is 18.0 Å². The van der Waals surface area contributed by atoms with Gasteiger partial charge in [-0.25, -0.2) is 0 Å². The second-order valence-corrected chi connectivity index (χ2v) is 6.85. The molecule has 0 bridgehead atoms. The topological polar surface area (TPSA) is 57.6 Å². The summed E-state index contributed by atoms with van der Waals surface area (Å²) in [6, 6.07) is 1.56. The molecule has 0 spiro atoms. The van der Waals surface area contributed by atoms with Crippen LogP contribution in [0.5, 0.6) is 0 Å². The molecule has 2 atom stereocenters. The van der Waals surface area contributed by atoms with Crippen molar-refractivity contribution in [1.29, 1.82) is 0 Å². The maximum Gasteiger partial charge on any atom is 0.308 e. The molecule has 1 fully saturated rings. The van der Waals surface area contributed by atoms with Crippen LogP contribution in [0, 0.1) is 5.92 Å². The molecule has 0 saturated carbocycles. The van der Waals surface area contributed by atoms with Crippen LogP contribution in [0.4, 0.5) is 0 Å². The van der Waals surface area contributed by atoms with Crippen LogP contribution in [0.1, 0.15) is 37.6 Å². The van der Waals surface area contributed by atoms with E-state index in [9.17, 15) is 14.7 Å². The lowest BCUT2D eigenvalue weighted by molar-refractivity contribution is -0.153. The fourth-order valence-electron chi connectivity index (χ4n) is 2.60. The summed E-state index contributed by atoms with van der Waals surface area (Å²) in [6.45, 7) is 3.86. The molecule has 0 aliphatic carbocycles. The van der Waals surface area contributed by atoms with Gasteiger partial charge in [0.05, 0.1) is 12.0 Å². The number of hydrogen-bond donors (Lipinski definition) is 1. The minimum atomic E-state index is -0.826. The number of carboxylic acids is 1. The van der Waals surface area contributed by atoms with E-state index < -0.39 is 11.9 Å². The Hall–Kier alpha value is -0.880. The van der Waals surface area contributed by atoms with Gasteiger partial charge in [-0.15, -0.1) is 11.3 Å². The Morgan fingerprint density at radius 1 is 1.58 bits per heavy atom. The van der Waals surface area contributed by atoms with Crippen LogP contribution in [-0.4, -0.2) is 27.9 Å². The summed E-state index contributed by atoms with van der Waals surface area (Å²) in [6.07, 6.45) is 0.732. The van der Waals surface area contributed by atoms with Crippen LogP contribution in [-0.2, 0) is 9.59 Å². The van der Waals surface area contributed by atoms with Crippen molar-refractivity contribution in [3.8, 4) is 0 Å². The second kappa shape index (κ2) is 5.63. The minimum absolute atomic E-state index is 0.000487. The quantitative estimate of drug-likeness (QED) is 0.914. The number of rotatable bonds is 3. The lowest BCUT2D eigenvalue weighted by atomic mass is 9.87. The Labute approximate surface area is 124 Å². The maximum absolute atomic E-state index is 12.1. The molecule has 1 aliphatic heterocycles. The molecule has 1 aromatic rings. The zero-order valence-electron chi connectivity index (χ0n) is 10.8. The number of carboxylic acid groups (broad SMARTS) is 1. The smallest absolute Gasteiger partial charge is 0.308 e. The van der Waals surface area contributed by atoms with Crippen LogP contribution < -0.4 is 0 Å². The Morgan fingerprint density at radius 2 is 2.26 bits per heavy atom. The number of halogens is 1. The molecule has 4 nitrogen and oxygen atoms in total. The normalized spacial score (nSPS) is 24.0. The van der Waals surface area contributed by atoms with Crippen LogP contribution in [0.15, 0.2) is 15.9 Å². The average Bonchev–Trinajstić information content (AvgIpc) is 2.74. The molecule has 2 unspecified atom stereocenters. The number of carbonyl (C=O) groups is 2. The molecule has 2 rings (SSSR count). The van der Waals surface area contributed by atoms with E-state index >= 15 is 0 Å². The Balaban J connectivity index is 2.43. The third kappa shape index (κ3) is 2.84. The van der Waals surface area contributed by atoms with Gasteiger partial charge in [0.25, 0.3) is 0 Å². The van der Waals surface area contributed by atoms with Crippen molar-refractivity contribution in [3.05, 3.63) is 20.8 Å². The van der Waals surface area contributed by atoms with Gasteiger partial charge < -0.3 is 10.0 Å². The Bertz CT molecular complexity index is 500. The summed E-state index contributed by atoms with van der Waals surface area (Å²) in [7, 11) is 0. The third-order valence-corrected chi connectivity index (χ3v) is 5.15. The van der Waals surface area contributed by atoms with E-state index in [1.807, 2.05) is 25.3 Å². The first-order chi connectivity index (χ1) is 8.91. The van der Waals surface area contributed by atoms with Gasteiger partial charge in [0.2, 0.25) is 5.91 Å². The zero-order chi connectivity index (χ0) is 14.2. The predicted octanol–water partition coefficient (Wildman–Crippen LogP) is 3.28. The van der Waals surface area contributed by atoms with E-state index in [0.29, 0.717) is 12.8 Å². The summed E-state index contributed by atoms with van der Waals surface area (Å²) in [4.78, 5) is 26.2. The van der Waals surface area contributed by atoms with E-state index in [4.69, 9.17) is 0 Å². The summed E-state index contributed by atoms with van der Waals surface area (Å²) in [5, 5.41) is 11.3. The van der Waals surface area contributed by atoms with Crippen LogP contribution in [0.2, 0.25) is 0 Å². The molecule has 0 radical (unpaired) electrons. The number of likely N-dealkylation sites (tertiary alicyclic amines) is 1. The zero-order valence-corrected chi connectivity index (χ0v) is 13.2. The summed E-state index contributed by atoms with van der Waals surface area (Å²) >= 11 is 4.88. The Kier molecular flexibility index (Phi) is 4.30. The van der Waals surface area contributed by atoms with E-state index in [0.717, 1.165) is 9.35 Å². The molecule has 104 valence electrons. The predicted molar refractivity (Wildman–Crippen MR) is 77.1 cm³/mol. The van der Waals surface area contributed by atoms with Gasteiger partial charge in [-0.3, -0.25) is 9.59 Å². The lowest BCUT2D eigenvalue weighted by Gasteiger charge is -2.41. The number of carbonyl (C=O) groups excluding carboxylic acids is 1. The van der Waals surface area contributed by atoms with Crippen molar-refractivity contribution in [1.82, 2.24) is 4.90 Å². The van der Waals surface area contributed by atoms with Crippen LogP contribution in [0.3, 0.4) is 0 Å². The summed E-state index contributed by atoms with van der Waals surface area (Å²) in [5.41, 5.74) is 0. The maximum atomic E-state index is 12.1. The van der Waals surface area contributed by atoms with Crippen molar-refractivity contribution < 1.29 is 14.7 Å². The molecule has 1 aliphatic rings. The van der Waals surface area contributed by atoms with E-state index in [1.54, 1.807) is 4.90 Å². The Morgan fingerprint density at radius 3 is 2.74 bits per heavy atom. The van der Waals surface area contributed by atoms with Gasteiger partial charge in [0.1, 0.15) is 0 Å². The second-order valence-electron chi connectivity index (χ2n) is 4.99. The van der Waals surface area contributed by atoms with Gasteiger partial charge in [-0.2, -0.15) is 0 Å². The molecule has 1 N–H and O–H groups in total. The number of nitrogens with zero attached hydrogens (tertiary/aromatic N) is 1. The van der Waals surface area contributed by atoms with Crippen molar-refractivity contribution in [2.24, 2.45) is 5.92 Å². The highest BCUT2D eigenvalue weighted by atomic mass is 79.9. The fraction of sp³-hybridized carbons (Fsp3) is 0.538. The summed E-state index contributed by atoms with van der Waals surface area (Å²) < 4.78 is 0.929. The average molecular weight is 346 g/mol. The largest absolute Gasteiger partial charge is 0.481 e. The molecular weight excluding hydrogens is 330 g/mol. The van der Waals surface area contributed by atoms with E-state index in [1.165, 1.54) is 11.3 Å². The molecule has 0 aromatic carbocycles. The number of hydrogen-bond acceptors (Lipinski definition) is 3. The first-order valence-corrected chi connectivity index (χ1v) is 7.87.